The molecule has 4 rings (SSSR count). The standard InChI is InChI=1S/C23H25F2N3OS/c1-14-12-30-9-8-17(14)18-10-19-20(26-13-27-22(19)28(2)23(18)29)7-6-15-4-3-5-16(11-24)21(15)25/h3-5,10,13-14,17H,6-9,11-12H2,1-2H3. The van der Waals surface area contributed by atoms with Gasteiger partial charge in [-0.3, -0.25) is 9.36 Å². The van der Waals surface area contributed by atoms with Gasteiger partial charge in [-0.25, -0.2) is 18.7 Å². The van der Waals surface area contributed by atoms with Crippen molar-refractivity contribution in [2.75, 3.05) is 11.5 Å². The summed E-state index contributed by atoms with van der Waals surface area (Å²) in [5.74, 6) is 2.27. The maximum absolute atomic E-state index is 14.4. The van der Waals surface area contributed by atoms with Crippen LogP contribution in [0.5, 0.6) is 0 Å². The van der Waals surface area contributed by atoms with Crippen LogP contribution in [0.1, 0.15) is 41.6 Å². The molecule has 1 aromatic carbocycles. The Labute approximate surface area is 178 Å². The molecule has 7 heteroatoms. The maximum atomic E-state index is 14.4. The molecule has 0 spiro atoms. The third-order valence-corrected chi connectivity index (χ3v) is 7.37. The average Bonchev–Trinajstić information content (AvgIpc) is 2.76. The van der Waals surface area contributed by atoms with Crippen molar-refractivity contribution < 1.29 is 8.78 Å². The minimum Gasteiger partial charge on any atom is -0.295 e. The molecule has 30 heavy (non-hydrogen) atoms. The van der Waals surface area contributed by atoms with E-state index in [1.165, 1.54) is 12.4 Å². The van der Waals surface area contributed by atoms with E-state index >= 15 is 0 Å². The largest absolute Gasteiger partial charge is 0.295 e. The second kappa shape index (κ2) is 8.84. The molecule has 1 aliphatic heterocycles. The first-order valence-corrected chi connectivity index (χ1v) is 11.4. The molecule has 0 N–H and O–H groups in total. The summed E-state index contributed by atoms with van der Waals surface area (Å²) in [6, 6.07) is 6.78. The van der Waals surface area contributed by atoms with Crippen molar-refractivity contribution in [1.82, 2.24) is 14.5 Å². The SMILES string of the molecule is CC1CSCCC1c1cc2c(CCc3cccc(CF)c3F)ncnc2n(C)c1=O. The van der Waals surface area contributed by atoms with E-state index in [1.54, 1.807) is 23.7 Å². The van der Waals surface area contributed by atoms with Crippen molar-refractivity contribution in [3.8, 4) is 0 Å². The molecule has 0 aliphatic carbocycles. The molecule has 0 radical (unpaired) electrons. The van der Waals surface area contributed by atoms with E-state index in [1.807, 2.05) is 17.8 Å². The molecule has 4 nitrogen and oxygen atoms in total. The fourth-order valence-electron chi connectivity index (χ4n) is 4.33. The van der Waals surface area contributed by atoms with Crippen LogP contribution in [0.15, 0.2) is 35.4 Å². The molecule has 158 valence electrons. The number of aromatic nitrogens is 3. The van der Waals surface area contributed by atoms with E-state index in [4.69, 9.17) is 0 Å². The lowest BCUT2D eigenvalue weighted by Crippen LogP contribution is -2.29. The Morgan fingerprint density at radius 3 is 2.80 bits per heavy atom. The number of pyridine rings is 1. The summed E-state index contributed by atoms with van der Waals surface area (Å²) in [6.07, 6.45) is 3.32. The van der Waals surface area contributed by atoms with E-state index in [9.17, 15) is 13.6 Å². The van der Waals surface area contributed by atoms with Crippen LogP contribution in [0.25, 0.3) is 11.0 Å². The van der Waals surface area contributed by atoms with Gasteiger partial charge in [0.25, 0.3) is 5.56 Å². The van der Waals surface area contributed by atoms with Crippen LogP contribution < -0.4 is 5.56 Å². The third-order valence-electron chi connectivity index (χ3n) is 6.09. The molecule has 1 saturated heterocycles. The first-order chi connectivity index (χ1) is 14.5. The van der Waals surface area contributed by atoms with Crippen molar-refractivity contribution in [2.45, 2.75) is 38.8 Å². The van der Waals surface area contributed by atoms with Crippen molar-refractivity contribution in [2.24, 2.45) is 13.0 Å². The molecular formula is C23H25F2N3OS. The molecule has 3 aromatic rings. The highest BCUT2D eigenvalue weighted by Gasteiger charge is 2.27. The minimum absolute atomic E-state index is 0.00223. The highest BCUT2D eigenvalue weighted by molar-refractivity contribution is 7.99. The number of aryl methyl sites for hydroxylation is 3. The van der Waals surface area contributed by atoms with Gasteiger partial charge in [-0.2, -0.15) is 11.8 Å². The Morgan fingerprint density at radius 2 is 2.03 bits per heavy atom. The third kappa shape index (κ3) is 3.87. The summed E-state index contributed by atoms with van der Waals surface area (Å²) in [5.41, 5.74) is 2.73. The van der Waals surface area contributed by atoms with E-state index in [-0.39, 0.29) is 17.0 Å². The predicted molar refractivity (Wildman–Crippen MR) is 117 cm³/mol. The maximum Gasteiger partial charge on any atom is 0.255 e. The van der Waals surface area contributed by atoms with Gasteiger partial charge in [0, 0.05) is 23.6 Å². The average molecular weight is 430 g/mol. The van der Waals surface area contributed by atoms with E-state index < -0.39 is 12.5 Å². The molecule has 2 atom stereocenters. The second-order valence-corrected chi connectivity index (χ2v) is 9.14. The van der Waals surface area contributed by atoms with Gasteiger partial charge in [0.2, 0.25) is 0 Å². The van der Waals surface area contributed by atoms with Crippen molar-refractivity contribution in [1.29, 1.82) is 0 Å². The first kappa shape index (κ1) is 21.0. The van der Waals surface area contributed by atoms with Gasteiger partial charge in [0.1, 0.15) is 24.5 Å². The monoisotopic (exact) mass is 429 g/mol. The Morgan fingerprint density at radius 1 is 1.23 bits per heavy atom. The Bertz CT molecular complexity index is 1130. The zero-order valence-electron chi connectivity index (χ0n) is 17.2. The van der Waals surface area contributed by atoms with Crippen LogP contribution >= 0.6 is 11.8 Å². The van der Waals surface area contributed by atoms with Crippen LogP contribution in [0.3, 0.4) is 0 Å². The summed E-state index contributed by atoms with van der Waals surface area (Å²) < 4.78 is 29.0. The van der Waals surface area contributed by atoms with Crippen LogP contribution in [-0.2, 0) is 26.6 Å². The number of hydrogen-bond acceptors (Lipinski definition) is 4. The van der Waals surface area contributed by atoms with Gasteiger partial charge < -0.3 is 0 Å². The Hall–Kier alpha value is -2.28. The minimum atomic E-state index is -0.820. The van der Waals surface area contributed by atoms with Crippen LogP contribution in [0.4, 0.5) is 8.78 Å². The van der Waals surface area contributed by atoms with Gasteiger partial charge in [-0.1, -0.05) is 25.1 Å². The van der Waals surface area contributed by atoms with Crippen molar-refractivity contribution in [3.05, 3.63) is 69.1 Å². The van der Waals surface area contributed by atoms with Gasteiger partial charge in [0.05, 0.1) is 5.69 Å². The lowest BCUT2D eigenvalue weighted by Gasteiger charge is -2.28. The zero-order chi connectivity index (χ0) is 21.3. The molecule has 3 heterocycles. The zero-order valence-corrected chi connectivity index (χ0v) is 18.0. The highest BCUT2D eigenvalue weighted by atomic mass is 32.2. The van der Waals surface area contributed by atoms with E-state index in [2.05, 4.69) is 16.9 Å². The number of hydrogen-bond donors (Lipinski definition) is 0. The van der Waals surface area contributed by atoms with Gasteiger partial charge in [-0.05, 0) is 54.2 Å². The molecule has 2 unspecified atom stereocenters. The molecule has 1 aliphatic rings. The number of fused-ring (bicyclic) bond motifs is 1. The predicted octanol–water partition coefficient (Wildman–Crippen LogP) is 4.58. The lowest BCUT2D eigenvalue weighted by atomic mass is 9.86. The topological polar surface area (TPSA) is 47.8 Å². The summed E-state index contributed by atoms with van der Waals surface area (Å²) in [4.78, 5) is 21.8. The summed E-state index contributed by atoms with van der Waals surface area (Å²) >= 11 is 1.93. The number of benzene rings is 1. The smallest absolute Gasteiger partial charge is 0.255 e. The Kier molecular flexibility index (Phi) is 6.18. The highest BCUT2D eigenvalue weighted by Crippen LogP contribution is 2.35. The molecule has 0 amide bonds. The van der Waals surface area contributed by atoms with Crippen LogP contribution in [0, 0.1) is 11.7 Å². The van der Waals surface area contributed by atoms with Crippen molar-refractivity contribution >= 4 is 22.8 Å². The van der Waals surface area contributed by atoms with E-state index in [0.29, 0.717) is 30.0 Å². The lowest BCUT2D eigenvalue weighted by molar-refractivity contribution is 0.461. The van der Waals surface area contributed by atoms with Gasteiger partial charge >= 0.3 is 0 Å². The summed E-state index contributed by atoms with van der Waals surface area (Å²) in [6.45, 7) is 1.38. The number of nitrogens with zero attached hydrogens (tertiary/aromatic N) is 3. The number of thioether (sulfide) groups is 1. The fourth-order valence-corrected chi connectivity index (χ4v) is 5.52. The van der Waals surface area contributed by atoms with Gasteiger partial charge in [-0.15, -0.1) is 0 Å². The Balaban J connectivity index is 1.73. The molecular weight excluding hydrogens is 404 g/mol. The van der Waals surface area contributed by atoms with E-state index in [0.717, 1.165) is 34.6 Å². The van der Waals surface area contributed by atoms with Gasteiger partial charge in [0.15, 0.2) is 0 Å². The van der Waals surface area contributed by atoms with Crippen LogP contribution in [0.2, 0.25) is 0 Å². The number of rotatable bonds is 5. The molecule has 2 aromatic heterocycles. The molecule has 1 fully saturated rings. The quantitative estimate of drug-likeness (QED) is 0.596. The fraction of sp³-hybridized carbons (Fsp3) is 0.435. The van der Waals surface area contributed by atoms with Crippen molar-refractivity contribution in [3.63, 3.8) is 0 Å². The van der Waals surface area contributed by atoms with Crippen LogP contribution in [-0.4, -0.2) is 26.0 Å². The summed E-state index contributed by atoms with van der Waals surface area (Å²) in [5, 5.41) is 0.835. The normalized spacial score (nSPS) is 19.3. The molecule has 0 bridgehead atoms. The second-order valence-electron chi connectivity index (χ2n) is 7.99. The number of halogens is 2. The summed E-state index contributed by atoms with van der Waals surface area (Å²) in [7, 11) is 1.75. The number of alkyl halides is 1. The first-order valence-electron chi connectivity index (χ1n) is 10.2. The molecule has 0 saturated carbocycles.